The van der Waals surface area contributed by atoms with Gasteiger partial charge in [0.2, 0.25) is 5.91 Å². The molecule has 0 radical (unpaired) electrons. The zero-order valence-electron chi connectivity index (χ0n) is 15.0. The largest absolute Gasteiger partial charge is 0.460 e. The van der Waals surface area contributed by atoms with Crippen LogP contribution in [0.2, 0.25) is 0 Å². The molecule has 1 saturated heterocycles. The minimum absolute atomic E-state index is 0.0466. The summed E-state index contributed by atoms with van der Waals surface area (Å²) in [6.07, 6.45) is -4.47. The van der Waals surface area contributed by atoms with E-state index in [-0.39, 0.29) is 37.8 Å². The number of halogens is 3. The fourth-order valence-corrected chi connectivity index (χ4v) is 2.95. The molecule has 1 aliphatic rings. The molecule has 2 aromatic rings. The summed E-state index contributed by atoms with van der Waals surface area (Å²) in [4.78, 5) is 27.3. The van der Waals surface area contributed by atoms with Crippen LogP contribution in [0.4, 0.5) is 18.9 Å². The molecule has 148 valence electrons. The van der Waals surface area contributed by atoms with Gasteiger partial charge in [-0.2, -0.15) is 13.2 Å². The molecule has 5 nitrogen and oxygen atoms in total. The van der Waals surface area contributed by atoms with Crippen molar-refractivity contribution in [2.45, 2.75) is 12.8 Å². The van der Waals surface area contributed by atoms with Crippen molar-refractivity contribution in [3.8, 4) is 0 Å². The van der Waals surface area contributed by atoms with Crippen LogP contribution in [0.1, 0.15) is 11.1 Å². The van der Waals surface area contributed by atoms with Gasteiger partial charge in [0, 0.05) is 18.8 Å². The molecular formula is C20H19F3N2O3. The Morgan fingerprint density at radius 1 is 1.04 bits per heavy atom. The van der Waals surface area contributed by atoms with Crippen LogP contribution in [0, 0.1) is 0 Å². The fourth-order valence-electron chi connectivity index (χ4n) is 2.95. The van der Waals surface area contributed by atoms with Crippen LogP contribution >= 0.6 is 0 Å². The Hall–Kier alpha value is -2.87. The average Bonchev–Trinajstić information content (AvgIpc) is 2.67. The van der Waals surface area contributed by atoms with Crippen molar-refractivity contribution in [1.29, 1.82) is 0 Å². The minimum Gasteiger partial charge on any atom is -0.460 e. The smallest absolute Gasteiger partial charge is 0.416 e. The maximum absolute atomic E-state index is 12.9. The molecule has 0 aromatic heterocycles. The molecule has 1 aliphatic heterocycles. The third kappa shape index (κ3) is 5.10. The molecule has 0 saturated carbocycles. The van der Waals surface area contributed by atoms with E-state index >= 15 is 0 Å². The number of hydrogen-bond donors (Lipinski definition) is 0. The molecule has 1 heterocycles. The van der Waals surface area contributed by atoms with Gasteiger partial charge in [-0.15, -0.1) is 0 Å². The number of carbonyl (C=O) groups is 2. The van der Waals surface area contributed by atoms with E-state index in [9.17, 15) is 22.8 Å². The van der Waals surface area contributed by atoms with Crippen LogP contribution in [0.3, 0.4) is 0 Å². The molecule has 8 heteroatoms. The highest BCUT2D eigenvalue weighted by Gasteiger charge is 2.32. The van der Waals surface area contributed by atoms with E-state index in [2.05, 4.69) is 0 Å². The first-order valence-corrected chi connectivity index (χ1v) is 8.72. The zero-order valence-corrected chi connectivity index (χ0v) is 15.0. The lowest BCUT2D eigenvalue weighted by molar-refractivity contribution is -0.146. The van der Waals surface area contributed by atoms with E-state index in [1.54, 1.807) is 4.90 Å². The number of esters is 1. The Bertz CT molecular complexity index is 840. The quantitative estimate of drug-likeness (QED) is 0.734. The molecule has 1 amide bonds. The molecule has 2 aromatic carbocycles. The highest BCUT2D eigenvalue weighted by molar-refractivity contribution is 5.95. The summed E-state index contributed by atoms with van der Waals surface area (Å²) in [5.74, 6) is -0.814. The lowest BCUT2D eigenvalue weighted by atomic mass is 10.1. The number of rotatable bonds is 5. The number of amides is 1. The first-order valence-electron chi connectivity index (χ1n) is 8.72. The topological polar surface area (TPSA) is 49.9 Å². The number of anilines is 1. The number of hydrogen-bond acceptors (Lipinski definition) is 4. The summed E-state index contributed by atoms with van der Waals surface area (Å²) < 4.78 is 43.8. The molecule has 1 fully saturated rings. The maximum Gasteiger partial charge on any atom is 0.416 e. The Labute approximate surface area is 160 Å². The SMILES string of the molecule is O=C(CN1CCN(c2cccc(C(F)(F)F)c2)C(=O)C1)OCc1ccccc1. The van der Waals surface area contributed by atoms with E-state index < -0.39 is 17.7 Å². The fraction of sp³-hybridized carbons (Fsp3) is 0.300. The molecule has 0 atom stereocenters. The molecule has 0 unspecified atom stereocenters. The third-order valence-electron chi connectivity index (χ3n) is 4.38. The van der Waals surface area contributed by atoms with Crippen molar-refractivity contribution >= 4 is 17.6 Å². The van der Waals surface area contributed by atoms with Crippen molar-refractivity contribution in [2.75, 3.05) is 31.1 Å². The second kappa shape index (κ2) is 8.43. The second-order valence-corrected chi connectivity index (χ2v) is 6.45. The van der Waals surface area contributed by atoms with Crippen molar-refractivity contribution in [3.05, 3.63) is 65.7 Å². The van der Waals surface area contributed by atoms with E-state index in [0.717, 1.165) is 17.7 Å². The van der Waals surface area contributed by atoms with E-state index in [1.807, 2.05) is 30.3 Å². The Morgan fingerprint density at radius 2 is 1.79 bits per heavy atom. The summed E-state index contributed by atoms with van der Waals surface area (Å²) in [5.41, 5.74) is 0.261. The summed E-state index contributed by atoms with van der Waals surface area (Å²) in [6, 6.07) is 13.9. The molecule has 28 heavy (non-hydrogen) atoms. The van der Waals surface area contributed by atoms with Crippen molar-refractivity contribution in [2.24, 2.45) is 0 Å². The van der Waals surface area contributed by atoms with Crippen LogP contribution in [0.25, 0.3) is 0 Å². The van der Waals surface area contributed by atoms with Crippen LogP contribution in [-0.2, 0) is 27.1 Å². The van der Waals surface area contributed by atoms with Gasteiger partial charge in [-0.05, 0) is 23.8 Å². The summed E-state index contributed by atoms with van der Waals surface area (Å²) in [7, 11) is 0. The van der Waals surface area contributed by atoms with Crippen molar-refractivity contribution < 1.29 is 27.5 Å². The monoisotopic (exact) mass is 392 g/mol. The van der Waals surface area contributed by atoms with E-state index in [0.29, 0.717) is 6.54 Å². The normalized spacial score (nSPS) is 15.5. The van der Waals surface area contributed by atoms with Crippen LogP contribution < -0.4 is 4.90 Å². The van der Waals surface area contributed by atoms with Crippen molar-refractivity contribution in [3.63, 3.8) is 0 Å². The molecule has 0 N–H and O–H groups in total. The summed E-state index contributed by atoms with van der Waals surface area (Å²) in [6.45, 7) is 0.609. The number of ether oxygens (including phenoxy) is 1. The number of alkyl halides is 3. The number of piperazine rings is 1. The minimum atomic E-state index is -4.47. The Balaban J connectivity index is 1.54. The van der Waals surface area contributed by atoms with Gasteiger partial charge in [-0.1, -0.05) is 36.4 Å². The molecule has 3 rings (SSSR count). The van der Waals surface area contributed by atoms with Gasteiger partial charge >= 0.3 is 12.1 Å². The number of carbonyl (C=O) groups excluding carboxylic acids is 2. The number of nitrogens with zero attached hydrogens (tertiary/aromatic N) is 2. The van der Waals surface area contributed by atoms with Gasteiger partial charge in [-0.3, -0.25) is 14.5 Å². The second-order valence-electron chi connectivity index (χ2n) is 6.45. The predicted octanol–water partition coefficient (Wildman–Crippen LogP) is 3.10. The predicted molar refractivity (Wildman–Crippen MR) is 96.5 cm³/mol. The molecular weight excluding hydrogens is 373 g/mol. The van der Waals surface area contributed by atoms with Crippen LogP contribution in [-0.4, -0.2) is 43.0 Å². The van der Waals surface area contributed by atoms with Gasteiger partial charge in [0.1, 0.15) is 6.61 Å². The zero-order chi connectivity index (χ0) is 20.1. The first-order chi connectivity index (χ1) is 13.3. The van der Waals surface area contributed by atoms with E-state index in [1.165, 1.54) is 17.0 Å². The van der Waals surface area contributed by atoms with Gasteiger partial charge in [0.05, 0.1) is 18.7 Å². The first kappa shape index (κ1) is 19.9. The maximum atomic E-state index is 12.9. The van der Waals surface area contributed by atoms with E-state index in [4.69, 9.17) is 4.74 Å². The Kier molecular flexibility index (Phi) is 5.99. The Morgan fingerprint density at radius 3 is 2.46 bits per heavy atom. The average molecular weight is 392 g/mol. The lowest BCUT2D eigenvalue weighted by Gasteiger charge is -2.34. The third-order valence-corrected chi connectivity index (χ3v) is 4.38. The van der Waals surface area contributed by atoms with Gasteiger partial charge in [0.15, 0.2) is 0 Å². The highest BCUT2D eigenvalue weighted by Crippen LogP contribution is 2.32. The number of benzene rings is 2. The summed E-state index contributed by atoms with van der Waals surface area (Å²) >= 11 is 0. The highest BCUT2D eigenvalue weighted by atomic mass is 19.4. The van der Waals surface area contributed by atoms with Crippen molar-refractivity contribution in [1.82, 2.24) is 4.90 Å². The van der Waals surface area contributed by atoms with Crippen LogP contribution in [0.5, 0.6) is 0 Å². The summed E-state index contributed by atoms with van der Waals surface area (Å²) in [5, 5.41) is 0. The van der Waals surface area contributed by atoms with Gasteiger partial charge in [0.25, 0.3) is 0 Å². The lowest BCUT2D eigenvalue weighted by Crippen LogP contribution is -2.51. The van der Waals surface area contributed by atoms with Gasteiger partial charge in [-0.25, -0.2) is 0 Å². The molecule has 0 aliphatic carbocycles. The van der Waals surface area contributed by atoms with Gasteiger partial charge < -0.3 is 9.64 Å². The molecule has 0 bridgehead atoms. The molecule has 0 spiro atoms. The standard InChI is InChI=1S/C20H19F3N2O3/c21-20(22,23)16-7-4-8-17(11-16)25-10-9-24(12-18(25)26)13-19(27)28-14-15-5-2-1-3-6-15/h1-8,11H,9-10,12-14H2. The van der Waals surface area contributed by atoms with Crippen LogP contribution in [0.15, 0.2) is 54.6 Å².